The first kappa shape index (κ1) is 29.5. The number of hydrogen-bond acceptors (Lipinski definition) is 5. The van der Waals surface area contributed by atoms with Crippen LogP contribution >= 0.6 is 0 Å². The third-order valence-corrected chi connectivity index (χ3v) is 5.13. The van der Waals surface area contributed by atoms with Gasteiger partial charge in [-0.15, -0.1) is 0 Å². The number of nitrogens with zero attached hydrogens (tertiary/aromatic N) is 1. The topological polar surface area (TPSA) is 125 Å². The number of nitrogens with one attached hydrogen (secondary N) is 3. The normalized spacial score (nSPS) is 12.0. The van der Waals surface area contributed by atoms with E-state index in [0.717, 1.165) is 13.0 Å². The van der Waals surface area contributed by atoms with Gasteiger partial charge in [-0.1, -0.05) is 13.2 Å². The van der Waals surface area contributed by atoms with Gasteiger partial charge in [-0.25, -0.2) is 0 Å². The summed E-state index contributed by atoms with van der Waals surface area (Å²) in [5.74, 6) is -1.38. The van der Waals surface area contributed by atoms with Crippen LogP contribution in [-0.2, 0) is 19.2 Å². The Balaban J connectivity index is 4.57. The van der Waals surface area contributed by atoms with Gasteiger partial charge in [0.2, 0.25) is 5.91 Å². The van der Waals surface area contributed by atoms with E-state index < -0.39 is 5.97 Å². The second-order valence-corrected chi connectivity index (χ2v) is 8.74. The Bertz CT molecular complexity index is 688. The molecule has 0 saturated carbocycles. The summed E-state index contributed by atoms with van der Waals surface area (Å²) in [4.78, 5) is 46.1. The maximum Gasteiger partial charge on any atom is 0.303 e. The lowest BCUT2D eigenvalue weighted by molar-refractivity contribution is -0.917. The maximum absolute atomic E-state index is 12.2. The van der Waals surface area contributed by atoms with Gasteiger partial charge in [-0.05, 0) is 26.8 Å². The van der Waals surface area contributed by atoms with Crippen LogP contribution in [0.25, 0.3) is 0 Å². The number of hydrogen-bond donors (Lipinski definition) is 4. The minimum atomic E-state index is -0.970. The van der Waals surface area contributed by atoms with Gasteiger partial charge in [0.15, 0.2) is 6.17 Å². The number of ketones is 1. The molecule has 0 fully saturated rings. The highest BCUT2D eigenvalue weighted by Crippen LogP contribution is 2.12. The summed E-state index contributed by atoms with van der Waals surface area (Å²) in [5.41, 5.74) is 0.915. The molecule has 0 saturated heterocycles. The van der Waals surface area contributed by atoms with E-state index >= 15 is 0 Å². The number of aliphatic carboxylic acids is 1. The maximum atomic E-state index is 12.2. The molecule has 0 heterocycles. The van der Waals surface area contributed by atoms with Gasteiger partial charge in [0.05, 0.1) is 27.1 Å². The van der Waals surface area contributed by atoms with Crippen LogP contribution in [0.5, 0.6) is 0 Å². The minimum absolute atomic E-state index is 0.0509. The first-order chi connectivity index (χ1) is 14.9. The van der Waals surface area contributed by atoms with Gasteiger partial charge in [0, 0.05) is 49.9 Å². The van der Waals surface area contributed by atoms with E-state index in [9.17, 15) is 19.2 Å². The van der Waals surface area contributed by atoms with Crippen LogP contribution in [0.3, 0.4) is 0 Å². The van der Waals surface area contributed by atoms with E-state index in [-0.39, 0.29) is 36.6 Å². The van der Waals surface area contributed by atoms with Crippen LogP contribution < -0.4 is 16.0 Å². The van der Waals surface area contributed by atoms with E-state index in [1.807, 2.05) is 14.1 Å². The standard InChI is InChI=1S/C23H40N4O5/c1-17(2)22(31)25-14-8-13-24-15-12-20(26-23(32)18(3)4)27(5,6)16-7-9-19(28)10-11-21(29)30/h20,24H,1,3,7-16H2,2,4-6H3,(H2-,25,26,29,30,31,32)/p+1. The summed E-state index contributed by atoms with van der Waals surface area (Å²) in [6.07, 6.45) is 2.12. The molecule has 182 valence electrons. The van der Waals surface area contributed by atoms with Crippen molar-refractivity contribution in [3.8, 4) is 0 Å². The molecular formula is C23H41N4O5+. The third-order valence-electron chi connectivity index (χ3n) is 5.13. The van der Waals surface area contributed by atoms with E-state index in [2.05, 4.69) is 29.1 Å². The highest BCUT2D eigenvalue weighted by atomic mass is 16.4. The predicted molar refractivity (Wildman–Crippen MR) is 125 cm³/mol. The summed E-state index contributed by atoms with van der Waals surface area (Å²) >= 11 is 0. The molecule has 0 aliphatic rings. The molecule has 0 radical (unpaired) electrons. The van der Waals surface area contributed by atoms with Crippen LogP contribution in [0.1, 0.15) is 52.4 Å². The Kier molecular flexibility index (Phi) is 14.1. The van der Waals surface area contributed by atoms with Crippen molar-refractivity contribution >= 4 is 23.6 Å². The average molecular weight is 454 g/mol. The van der Waals surface area contributed by atoms with Crippen molar-refractivity contribution in [3.05, 3.63) is 24.3 Å². The lowest BCUT2D eigenvalue weighted by atomic mass is 10.1. The van der Waals surface area contributed by atoms with Crippen molar-refractivity contribution in [2.24, 2.45) is 0 Å². The molecule has 0 aromatic heterocycles. The fraction of sp³-hybridized carbons (Fsp3) is 0.652. The first-order valence-electron chi connectivity index (χ1n) is 11.0. The van der Waals surface area contributed by atoms with Gasteiger partial charge < -0.3 is 25.5 Å². The summed E-state index contributed by atoms with van der Waals surface area (Å²) in [6, 6.07) is 0. The zero-order valence-electron chi connectivity index (χ0n) is 20.1. The summed E-state index contributed by atoms with van der Waals surface area (Å²) < 4.78 is 0.488. The van der Waals surface area contributed by atoms with Crippen molar-refractivity contribution in [1.82, 2.24) is 16.0 Å². The average Bonchev–Trinajstić information content (AvgIpc) is 2.69. The van der Waals surface area contributed by atoms with Crippen LogP contribution in [0, 0.1) is 0 Å². The molecule has 0 spiro atoms. The number of carboxylic acids is 1. The quantitative estimate of drug-likeness (QED) is 0.107. The number of Topliss-reactive ketones (excluding diaryl/α,β-unsaturated/α-hetero) is 1. The molecule has 2 amide bonds. The van der Waals surface area contributed by atoms with Crippen molar-refractivity contribution in [2.75, 3.05) is 40.3 Å². The number of rotatable bonds is 18. The Morgan fingerprint density at radius 2 is 1.50 bits per heavy atom. The van der Waals surface area contributed by atoms with Crippen molar-refractivity contribution < 1.29 is 28.8 Å². The predicted octanol–water partition coefficient (Wildman–Crippen LogP) is 1.36. The highest BCUT2D eigenvalue weighted by molar-refractivity contribution is 5.92. The van der Waals surface area contributed by atoms with Crippen molar-refractivity contribution in [3.63, 3.8) is 0 Å². The summed E-state index contributed by atoms with van der Waals surface area (Å²) in [7, 11) is 4.00. The molecule has 0 aromatic rings. The van der Waals surface area contributed by atoms with Crippen LogP contribution in [0.4, 0.5) is 0 Å². The highest BCUT2D eigenvalue weighted by Gasteiger charge is 2.29. The Labute approximate surface area is 191 Å². The largest absolute Gasteiger partial charge is 0.481 e. The third kappa shape index (κ3) is 13.7. The second-order valence-electron chi connectivity index (χ2n) is 8.74. The lowest BCUT2D eigenvalue weighted by Gasteiger charge is -2.38. The van der Waals surface area contributed by atoms with Crippen LogP contribution in [0.2, 0.25) is 0 Å². The smallest absolute Gasteiger partial charge is 0.303 e. The van der Waals surface area contributed by atoms with Gasteiger partial charge in [-0.2, -0.15) is 0 Å². The molecule has 1 unspecified atom stereocenters. The summed E-state index contributed by atoms with van der Waals surface area (Å²) in [6.45, 7) is 13.2. The number of carbonyl (C=O) groups is 4. The Hall–Kier alpha value is -2.52. The van der Waals surface area contributed by atoms with Gasteiger partial charge in [0.25, 0.3) is 5.91 Å². The molecule has 0 rings (SSSR count). The SMILES string of the molecule is C=C(C)C(=O)NCCCNCCC(NC(=O)C(=C)C)[N+](C)(C)CCCC(=O)CCC(=O)O. The monoisotopic (exact) mass is 453 g/mol. The van der Waals surface area contributed by atoms with E-state index in [1.54, 1.807) is 13.8 Å². The molecular weight excluding hydrogens is 412 g/mol. The molecule has 1 atom stereocenters. The van der Waals surface area contributed by atoms with Gasteiger partial charge >= 0.3 is 5.97 Å². The Morgan fingerprint density at radius 3 is 2.06 bits per heavy atom. The molecule has 0 aromatic carbocycles. The molecule has 0 aliphatic heterocycles. The number of carbonyl (C=O) groups excluding carboxylic acids is 3. The zero-order chi connectivity index (χ0) is 24.7. The van der Waals surface area contributed by atoms with Gasteiger partial charge in [0.1, 0.15) is 5.78 Å². The molecule has 0 aliphatic carbocycles. The minimum Gasteiger partial charge on any atom is -0.481 e. The van der Waals surface area contributed by atoms with E-state index in [4.69, 9.17) is 5.11 Å². The molecule has 9 heteroatoms. The fourth-order valence-electron chi connectivity index (χ4n) is 3.01. The fourth-order valence-corrected chi connectivity index (χ4v) is 3.01. The number of carboxylic acid groups (broad SMARTS) is 1. The molecule has 9 nitrogen and oxygen atoms in total. The zero-order valence-corrected chi connectivity index (χ0v) is 20.1. The van der Waals surface area contributed by atoms with E-state index in [1.165, 1.54) is 0 Å². The van der Waals surface area contributed by atoms with Crippen molar-refractivity contribution in [1.29, 1.82) is 0 Å². The second kappa shape index (κ2) is 15.3. The molecule has 0 bridgehead atoms. The van der Waals surface area contributed by atoms with Gasteiger partial charge in [-0.3, -0.25) is 19.2 Å². The summed E-state index contributed by atoms with van der Waals surface area (Å²) in [5, 5.41) is 17.8. The van der Waals surface area contributed by atoms with Crippen LogP contribution in [-0.4, -0.2) is 79.6 Å². The number of quaternary nitrogens is 1. The molecule has 4 N–H and O–H groups in total. The lowest BCUT2D eigenvalue weighted by Crippen LogP contribution is -2.58. The Morgan fingerprint density at radius 1 is 0.875 bits per heavy atom. The van der Waals surface area contributed by atoms with E-state index in [0.29, 0.717) is 54.5 Å². The van der Waals surface area contributed by atoms with Crippen LogP contribution in [0.15, 0.2) is 24.3 Å². The number of amides is 2. The van der Waals surface area contributed by atoms with Crippen molar-refractivity contribution in [2.45, 2.75) is 58.5 Å². The molecule has 32 heavy (non-hydrogen) atoms. The first-order valence-corrected chi connectivity index (χ1v) is 11.0.